The number of nitrogens with one attached hydrogen (secondary N) is 1. The van der Waals surface area contributed by atoms with E-state index in [1.54, 1.807) is 22.9 Å². The number of ether oxygens (including phenoxy) is 1. The Kier molecular flexibility index (Phi) is 6.06. The molecule has 0 radical (unpaired) electrons. The minimum absolute atomic E-state index is 0.0495. The summed E-state index contributed by atoms with van der Waals surface area (Å²) in [6.45, 7) is 6.55. The molecule has 1 N–H and O–H groups in total. The summed E-state index contributed by atoms with van der Waals surface area (Å²) in [5, 5.41) is 14.7. The van der Waals surface area contributed by atoms with Crippen LogP contribution in [-0.4, -0.2) is 67.1 Å². The number of carbonyl (C=O) groups is 2. The average molecular weight is 477 g/mol. The van der Waals surface area contributed by atoms with E-state index in [1.807, 2.05) is 35.8 Å². The fourth-order valence-electron chi connectivity index (χ4n) is 4.54. The van der Waals surface area contributed by atoms with Gasteiger partial charge in [-0.1, -0.05) is 6.07 Å². The summed E-state index contributed by atoms with van der Waals surface area (Å²) in [7, 11) is 1.53. The third kappa shape index (κ3) is 4.41. The van der Waals surface area contributed by atoms with Gasteiger partial charge in [-0.15, -0.1) is 5.10 Å². The molecule has 1 aromatic carbocycles. The van der Waals surface area contributed by atoms with Gasteiger partial charge in [0.05, 0.1) is 18.7 Å². The van der Waals surface area contributed by atoms with E-state index in [1.165, 1.54) is 7.11 Å². The van der Waals surface area contributed by atoms with Gasteiger partial charge in [-0.05, 0) is 72.5 Å². The SMILES string of the molecule is COc1cc2c(cc1C(=O)Nc1cccc(-c3nnnn3C(C)C)n1)CN(C(=O)N1CCCC1)C2. The predicted octanol–water partition coefficient (Wildman–Crippen LogP) is 3.11. The molecule has 4 heterocycles. The van der Waals surface area contributed by atoms with Crippen molar-refractivity contribution in [1.82, 2.24) is 35.0 Å². The first kappa shape index (κ1) is 22.8. The Morgan fingerprint density at radius 3 is 2.51 bits per heavy atom. The van der Waals surface area contributed by atoms with Crippen LogP contribution >= 0.6 is 0 Å². The topological polar surface area (TPSA) is 118 Å². The number of rotatable bonds is 5. The lowest BCUT2D eigenvalue weighted by Crippen LogP contribution is -2.38. The maximum atomic E-state index is 13.2. The van der Waals surface area contributed by atoms with Gasteiger partial charge in [-0.2, -0.15) is 0 Å². The van der Waals surface area contributed by atoms with Gasteiger partial charge in [0.2, 0.25) is 5.82 Å². The summed E-state index contributed by atoms with van der Waals surface area (Å²) in [4.78, 5) is 34.3. The van der Waals surface area contributed by atoms with Crippen LogP contribution in [0.5, 0.6) is 5.75 Å². The normalized spacial score (nSPS) is 15.0. The summed E-state index contributed by atoms with van der Waals surface area (Å²) in [6.07, 6.45) is 2.10. The van der Waals surface area contributed by atoms with Crippen LogP contribution in [0.2, 0.25) is 0 Å². The lowest BCUT2D eigenvalue weighted by Gasteiger charge is -2.23. The summed E-state index contributed by atoms with van der Waals surface area (Å²) in [5.74, 6) is 1.01. The Bertz CT molecular complexity index is 1270. The van der Waals surface area contributed by atoms with E-state index in [0.717, 1.165) is 37.1 Å². The first-order valence-corrected chi connectivity index (χ1v) is 11.7. The fraction of sp³-hybridized carbons (Fsp3) is 0.417. The maximum absolute atomic E-state index is 13.2. The number of pyridine rings is 1. The van der Waals surface area contributed by atoms with Crippen LogP contribution in [0.4, 0.5) is 10.6 Å². The summed E-state index contributed by atoms with van der Waals surface area (Å²) in [6, 6.07) is 9.06. The number of anilines is 1. The molecular formula is C24H28N8O3. The van der Waals surface area contributed by atoms with E-state index in [9.17, 15) is 9.59 Å². The van der Waals surface area contributed by atoms with Gasteiger partial charge in [-0.25, -0.2) is 14.5 Å². The van der Waals surface area contributed by atoms with Crippen LogP contribution in [-0.2, 0) is 13.1 Å². The lowest BCUT2D eigenvalue weighted by atomic mass is 10.0. The molecule has 3 aromatic rings. The Morgan fingerprint density at radius 2 is 1.80 bits per heavy atom. The third-order valence-corrected chi connectivity index (χ3v) is 6.34. The molecular weight excluding hydrogens is 448 g/mol. The number of carbonyl (C=O) groups excluding carboxylic acids is 2. The molecule has 5 rings (SSSR count). The number of tetrazole rings is 1. The molecule has 0 atom stereocenters. The zero-order valence-electron chi connectivity index (χ0n) is 20.1. The number of hydrogen-bond acceptors (Lipinski definition) is 7. The van der Waals surface area contributed by atoms with Crippen molar-refractivity contribution in [1.29, 1.82) is 0 Å². The quantitative estimate of drug-likeness (QED) is 0.601. The van der Waals surface area contributed by atoms with Crippen LogP contribution in [0.1, 0.15) is 54.2 Å². The van der Waals surface area contributed by atoms with E-state index < -0.39 is 0 Å². The highest BCUT2D eigenvalue weighted by Crippen LogP contribution is 2.32. The van der Waals surface area contributed by atoms with E-state index >= 15 is 0 Å². The molecule has 11 heteroatoms. The van der Waals surface area contributed by atoms with Crippen LogP contribution < -0.4 is 10.1 Å². The number of benzene rings is 1. The summed E-state index contributed by atoms with van der Waals surface area (Å²) in [5.41, 5.74) is 2.88. The Hall–Kier alpha value is -4.02. The predicted molar refractivity (Wildman–Crippen MR) is 128 cm³/mol. The van der Waals surface area contributed by atoms with Gasteiger partial charge >= 0.3 is 6.03 Å². The van der Waals surface area contributed by atoms with Gasteiger partial charge in [0, 0.05) is 26.2 Å². The smallest absolute Gasteiger partial charge is 0.320 e. The highest BCUT2D eigenvalue weighted by Gasteiger charge is 2.30. The van der Waals surface area contributed by atoms with Crippen molar-refractivity contribution in [3.8, 4) is 17.3 Å². The lowest BCUT2D eigenvalue weighted by molar-refractivity contribution is 0.102. The fourth-order valence-corrected chi connectivity index (χ4v) is 4.54. The highest BCUT2D eigenvalue weighted by molar-refractivity contribution is 6.06. The maximum Gasteiger partial charge on any atom is 0.320 e. The Morgan fingerprint density at radius 1 is 1.06 bits per heavy atom. The number of aromatic nitrogens is 5. The van der Waals surface area contributed by atoms with E-state index in [-0.39, 0.29) is 18.0 Å². The highest BCUT2D eigenvalue weighted by atomic mass is 16.5. The molecule has 2 aromatic heterocycles. The van der Waals surface area contributed by atoms with Crippen molar-refractivity contribution in [2.24, 2.45) is 0 Å². The Labute approximate surface area is 203 Å². The third-order valence-electron chi connectivity index (χ3n) is 6.34. The van der Waals surface area contributed by atoms with Gasteiger partial charge in [0.1, 0.15) is 17.3 Å². The van der Waals surface area contributed by atoms with Crippen LogP contribution in [0, 0.1) is 0 Å². The monoisotopic (exact) mass is 476 g/mol. The molecule has 1 fully saturated rings. The number of nitrogens with zero attached hydrogens (tertiary/aromatic N) is 7. The Balaban J connectivity index is 1.36. The van der Waals surface area contributed by atoms with Gasteiger partial charge in [0.25, 0.3) is 5.91 Å². The minimum atomic E-state index is -0.345. The molecule has 35 heavy (non-hydrogen) atoms. The second-order valence-electron chi connectivity index (χ2n) is 9.06. The van der Waals surface area contributed by atoms with Crippen molar-refractivity contribution < 1.29 is 14.3 Å². The molecule has 0 saturated carbocycles. The number of methoxy groups -OCH3 is 1. The summed E-state index contributed by atoms with van der Waals surface area (Å²) < 4.78 is 7.20. The standard InChI is InChI=1S/C24H28N8O3/c1-15(2)32-22(27-28-29-32)19-7-6-8-21(25-19)26-23(33)18-11-16-13-31(14-17(16)12-20(18)35-3)24(34)30-9-4-5-10-30/h6-8,11-12,15H,4-5,9-10,13-14H2,1-3H3,(H,25,26,33). The molecule has 0 bridgehead atoms. The molecule has 0 spiro atoms. The molecule has 2 aliphatic heterocycles. The van der Waals surface area contributed by atoms with E-state index in [4.69, 9.17) is 4.74 Å². The number of likely N-dealkylation sites (tertiary alicyclic amines) is 1. The van der Waals surface area contributed by atoms with Crippen LogP contribution in [0.15, 0.2) is 30.3 Å². The zero-order chi connectivity index (χ0) is 24.5. The van der Waals surface area contributed by atoms with Gasteiger partial charge in [-0.3, -0.25) is 4.79 Å². The zero-order valence-corrected chi connectivity index (χ0v) is 20.1. The number of amides is 3. The molecule has 2 aliphatic rings. The number of fused-ring (bicyclic) bond motifs is 1. The molecule has 182 valence electrons. The first-order valence-electron chi connectivity index (χ1n) is 11.7. The average Bonchev–Trinajstić information content (AvgIpc) is 3.63. The van der Waals surface area contributed by atoms with E-state index in [0.29, 0.717) is 41.7 Å². The molecule has 1 saturated heterocycles. The van der Waals surface area contributed by atoms with Crippen molar-refractivity contribution in [3.63, 3.8) is 0 Å². The van der Waals surface area contributed by atoms with Gasteiger partial charge in [0.15, 0.2) is 0 Å². The molecule has 0 unspecified atom stereocenters. The minimum Gasteiger partial charge on any atom is -0.496 e. The van der Waals surface area contributed by atoms with Gasteiger partial charge < -0.3 is 19.9 Å². The van der Waals surface area contributed by atoms with Crippen LogP contribution in [0.3, 0.4) is 0 Å². The molecule has 11 nitrogen and oxygen atoms in total. The van der Waals surface area contributed by atoms with Crippen LogP contribution in [0.25, 0.3) is 11.5 Å². The molecule has 3 amide bonds. The molecule has 0 aliphatic carbocycles. The van der Waals surface area contributed by atoms with Crippen molar-refractivity contribution >= 4 is 17.8 Å². The summed E-state index contributed by atoms with van der Waals surface area (Å²) >= 11 is 0. The van der Waals surface area contributed by atoms with Crippen molar-refractivity contribution in [3.05, 3.63) is 47.0 Å². The second-order valence-corrected chi connectivity index (χ2v) is 9.06. The van der Waals surface area contributed by atoms with E-state index in [2.05, 4.69) is 25.8 Å². The largest absolute Gasteiger partial charge is 0.496 e. The number of hydrogen-bond donors (Lipinski definition) is 1. The van der Waals surface area contributed by atoms with Crippen molar-refractivity contribution in [2.75, 3.05) is 25.5 Å². The first-order chi connectivity index (χ1) is 16.9. The van der Waals surface area contributed by atoms with Crippen molar-refractivity contribution in [2.45, 2.75) is 45.8 Å². The number of urea groups is 1. The second kappa shape index (κ2) is 9.32.